The fraction of sp³-hybridized carbons (Fsp3) is 0.0690. The number of hydrogen-bond acceptors (Lipinski definition) is 0. The summed E-state index contributed by atoms with van der Waals surface area (Å²) in [4.78, 5) is 0. The van der Waals surface area contributed by atoms with Gasteiger partial charge in [-0.05, 0) is 47.2 Å². The van der Waals surface area contributed by atoms with E-state index in [2.05, 4.69) is 114 Å². The van der Waals surface area contributed by atoms with Crippen LogP contribution in [0.3, 0.4) is 0 Å². The summed E-state index contributed by atoms with van der Waals surface area (Å²) < 4.78 is 4.77. The first-order valence-corrected chi connectivity index (χ1v) is 10.8. The molecular formula is C29H21N2+. The van der Waals surface area contributed by atoms with Crippen molar-refractivity contribution in [1.82, 2.24) is 4.40 Å². The third-order valence-corrected chi connectivity index (χ3v) is 6.86. The maximum absolute atomic E-state index is 2.48. The van der Waals surface area contributed by atoms with Crippen molar-refractivity contribution < 1.29 is 4.57 Å². The van der Waals surface area contributed by atoms with Gasteiger partial charge < -0.3 is 4.40 Å². The third-order valence-electron chi connectivity index (χ3n) is 6.86. The minimum absolute atomic E-state index is 1.25. The number of pyridine rings is 2. The summed E-state index contributed by atoms with van der Waals surface area (Å²) >= 11 is 0. The molecule has 3 heterocycles. The van der Waals surface area contributed by atoms with Gasteiger partial charge in [0.15, 0.2) is 6.20 Å². The first-order valence-electron chi connectivity index (χ1n) is 10.8. The van der Waals surface area contributed by atoms with Crippen LogP contribution in [0.1, 0.15) is 5.56 Å². The average molecular weight is 398 g/mol. The van der Waals surface area contributed by atoms with E-state index in [1.165, 1.54) is 65.7 Å². The van der Waals surface area contributed by atoms with Crippen LogP contribution in [-0.2, 0) is 7.05 Å². The van der Waals surface area contributed by atoms with E-state index in [-0.39, 0.29) is 0 Å². The van der Waals surface area contributed by atoms with Gasteiger partial charge in [0.1, 0.15) is 7.05 Å². The minimum atomic E-state index is 1.25. The van der Waals surface area contributed by atoms with Gasteiger partial charge in [0, 0.05) is 16.8 Å². The van der Waals surface area contributed by atoms with Crippen molar-refractivity contribution in [3.05, 3.63) is 96.7 Å². The van der Waals surface area contributed by atoms with Crippen LogP contribution in [0.4, 0.5) is 0 Å². The zero-order chi connectivity index (χ0) is 20.7. The Labute approximate surface area is 179 Å². The number of benzene rings is 4. The summed E-state index contributed by atoms with van der Waals surface area (Å²) in [6.07, 6.45) is 2.19. The molecule has 4 aromatic carbocycles. The van der Waals surface area contributed by atoms with Crippen LogP contribution in [0.15, 0.2) is 91.1 Å². The molecule has 0 fully saturated rings. The predicted molar refractivity (Wildman–Crippen MR) is 130 cm³/mol. The first kappa shape index (κ1) is 16.8. The van der Waals surface area contributed by atoms with Gasteiger partial charge in [0.05, 0.1) is 27.3 Å². The van der Waals surface area contributed by atoms with Gasteiger partial charge in [-0.15, -0.1) is 0 Å². The second-order valence-electron chi connectivity index (χ2n) is 8.60. The number of hydrogen-bond donors (Lipinski definition) is 0. The molecule has 2 heteroatoms. The third kappa shape index (κ3) is 2.09. The Morgan fingerprint density at radius 1 is 0.677 bits per heavy atom. The number of nitrogens with zero attached hydrogens (tertiary/aromatic N) is 2. The van der Waals surface area contributed by atoms with E-state index in [0.29, 0.717) is 0 Å². The summed E-state index contributed by atoms with van der Waals surface area (Å²) in [5.41, 5.74) is 9.01. The lowest BCUT2D eigenvalue weighted by molar-refractivity contribution is -0.643. The minimum Gasteiger partial charge on any atom is -0.307 e. The molecule has 2 nitrogen and oxygen atoms in total. The monoisotopic (exact) mass is 397 g/mol. The van der Waals surface area contributed by atoms with Crippen LogP contribution in [0.2, 0.25) is 0 Å². The van der Waals surface area contributed by atoms with Crippen LogP contribution in [0.25, 0.3) is 60.1 Å². The van der Waals surface area contributed by atoms with E-state index in [0.717, 1.165) is 0 Å². The lowest BCUT2D eigenvalue weighted by Gasteiger charge is -2.12. The molecule has 0 saturated carbocycles. The molecule has 0 aliphatic heterocycles. The SMILES string of the molecule is Cc1ccc2c3cc(-c4ccccc4)ccc3n3c4cccc5cc[n+](C)c(c1c23)c54. The fourth-order valence-electron chi connectivity index (χ4n) is 5.45. The second kappa shape index (κ2) is 5.83. The summed E-state index contributed by atoms with van der Waals surface area (Å²) in [5, 5.41) is 6.60. The smallest absolute Gasteiger partial charge is 0.224 e. The topological polar surface area (TPSA) is 8.29 Å². The Morgan fingerprint density at radius 2 is 1.55 bits per heavy atom. The molecular weight excluding hydrogens is 376 g/mol. The molecule has 0 saturated heterocycles. The zero-order valence-electron chi connectivity index (χ0n) is 17.6. The van der Waals surface area contributed by atoms with Gasteiger partial charge in [0.2, 0.25) is 5.52 Å². The van der Waals surface area contributed by atoms with Gasteiger partial charge in [-0.2, -0.15) is 0 Å². The van der Waals surface area contributed by atoms with Gasteiger partial charge in [-0.3, -0.25) is 0 Å². The predicted octanol–water partition coefficient (Wildman–Crippen LogP) is 6.79. The molecule has 0 radical (unpaired) electrons. The van der Waals surface area contributed by atoms with E-state index < -0.39 is 0 Å². The molecule has 146 valence electrons. The lowest BCUT2D eigenvalue weighted by Crippen LogP contribution is -2.28. The van der Waals surface area contributed by atoms with Crippen LogP contribution < -0.4 is 4.57 Å². The standard InChI is InChI=1S/C29H21N2/c1-18-11-13-22-23-17-21(19-7-4-3-5-8-19)12-14-24(23)31-25-10-6-9-20-15-16-30(2)29(27(20)25)26(18)28(22)31/h3-17H,1-2H3/q+1. The maximum Gasteiger partial charge on any atom is 0.224 e. The Morgan fingerprint density at radius 3 is 2.42 bits per heavy atom. The van der Waals surface area contributed by atoms with Crippen LogP contribution in [0.5, 0.6) is 0 Å². The van der Waals surface area contributed by atoms with Crippen molar-refractivity contribution in [2.24, 2.45) is 7.05 Å². The van der Waals surface area contributed by atoms with Crippen molar-refractivity contribution >= 4 is 49.0 Å². The first-order chi connectivity index (χ1) is 15.2. The Balaban J connectivity index is 1.79. The lowest BCUT2D eigenvalue weighted by atomic mass is 9.99. The highest BCUT2D eigenvalue weighted by Crippen LogP contribution is 2.41. The van der Waals surface area contributed by atoms with Gasteiger partial charge in [-0.25, -0.2) is 4.57 Å². The molecule has 0 spiro atoms. The zero-order valence-corrected chi connectivity index (χ0v) is 17.6. The highest BCUT2D eigenvalue weighted by molar-refractivity contribution is 6.25. The molecule has 0 bridgehead atoms. The molecule has 31 heavy (non-hydrogen) atoms. The number of rotatable bonds is 1. The summed E-state index contributed by atoms with van der Waals surface area (Å²) in [6, 6.07) is 31.0. The highest BCUT2D eigenvalue weighted by Gasteiger charge is 2.23. The number of aromatic nitrogens is 2. The normalized spacial score (nSPS) is 12.2. The van der Waals surface area contributed by atoms with Gasteiger partial charge in [0.25, 0.3) is 0 Å². The van der Waals surface area contributed by atoms with Gasteiger partial charge >= 0.3 is 0 Å². The van der Waals surface area contributed by atoms with Crippen molar-refractivity contribution in [2.75, 3.05) is 0 Å². The molecule has 0 N–H and O–H groups in total. The molecule has 7 rings (SSSR count). The number of aryl methyl sites for hydroxylation is 2. The van der Waals surface area contributed by atoms with E-state index in [4.69, 9.17) is 0 Å². The Kier molecular flexibility index (Phi) is 3.17. The Hall–Kier alpha value is -3.91. The molecule has 0 aliphatic rings. The van der Waals surface area contributed by atoms with E-state index in [9.17, 15) is 0 Å². The molecule has 0 atom stereocenters. The number of fused-ring (bicyclic) bond motifs is 5. The molecule has 0 unspecified atom stereocenters. The summed E-state index contributed by atoms with van der Waals surface area (Å²) in [7, 11) is 2.16. The van der Waals surface area contributed by atoms with Crippen LogP contribution in [0, 0.1) is 6.92 Å². The van der Waals surface area contributed by atoms with Crippen molar-refractivity contribution in [3.8, 4) is 11.1 Å². The highest BCUT2D eigenvalue weighted by atomic mass is 14.9. The van der Waals surface area contributed by atoms with Gasteiger partial charge in [-0.1, -0.05) is 60.7 Å². The van der Waals surface area contributed by atoms with Crippen molar-refractivity contribution in [3.63, 3.8) is 0 Å². The summed E-state index contributed by atoms with van der Waals surface area (Å²) in [5.74, 6) is 0. The van der Waals surface area contributed by atoms with Crippen LogP contribution >= 0.6 is 0 Å². The van der Waals surface area contributed by atoms with E-state index in [1.54, 1.807) is 0 Å². The maximum atomic E-state index is 2.48. The van der Waals surface area contributed by atoms with Crippen molar-refractivity contribution in [1.29, 1.82) is 0 Å². The van der Waals surface area contributed by atoms with Crippen molar-refractivity contribution in [2.45, 2.75) is 6.92 Å². The van der Waals surface area contributed by atoms with Crippen LogP contribution in [-0.4, -0.2) is 4.40 Å². The molecule has 0 aliphatic carbocycles. The Bertz CT molecular complexity index is 1790. The second-order valence-corrected chi connectivity index (χ2v) is 8.60. The largest absolute Gasteiger partial charge is 0.307 e. The molecule has 7 aromatic rings. The molecule has 0 amide bonds. The van der Waals surface area contributed by atoms with E-state index in [1.807, 2.05) is 0 Å². The fourth-order valence-corrected chi connectivity index (χ4v) is 5.45. The van der Waals surface area contributed by atoms with E-state index >= 15 is 0 Å². The summed E-state index contributed by atoms with van der Waals surface area (Å²) in [6.45, 7) is 2.24. The average Bonchev–Trinajstić information content (AvgIpc) is 3.14. The molecule has 3 aromatic heterocycles. The quantitative estimate of drug-likeness (QED) is 0.164.